The third kappa shape index (κ3) is 3.32. The molecule has 5 rings (SSSR count). The molecule has 146 valence electrons. The Hall–Kier alpha value is -3.03. The van der Waals surface area contributed by atoms with Crippen molar-refractivity contribution in [2.24, 2.45) is 0 Å². The van der Waals surface area contributed by atoms with E-state index >= 15 is 0 Å². The molecule has 0 aliphatic carbocycles. The molecule has 8 heteroatoms. The maximum Gasteiger partial charge on any atom is 0.280 e. The van der Waals surface area contributed by atoms with Gasteiger partial charge in [0.1, 0.15) is 6.10 Å². The van der Waals surface area contributed by atoms with Gasteiger partial charge in [-0.2, -0.15) is 4.98 Å². The summed E-state index contributed by atoms with van der Waals surface area (Å²) in [6.45, 7) is 5.14. The van der Waals surface area contributed by atoms with Crippen LogP contribution < -0.4 is 0 Å². The van der Waals surface area contributed by atoms with Gasteiger partial charge in [-0.3, -0.25) is 0 Å². The van der Waals surface area contributed by atoms with Gasteiger partial charge in [0.15, 0.2) is 5.69 Å². The molecular formula is C21H18ClN5O2. The van der Waals surface area contributed by atoms with Gasteiger partial charge in [0.25, 0.3) is 5.89 Å². The van der Waals surface area contributed by atoms with Crippen molar-refractivity contribution in [1.29, 1.82) is 0 Å². The number of aryl methyl sites for hydroxylation is 2. The standard InChI is InChI=1S/C21H18ClN5O2/c1-12-6-7-16(13(2)8-12)18-10-27-17(11-28-18)19(24-26-27)21-23-20(25-29-21)14-4-3-5-15(22)9-14/h3-9,18H,10-11H2,1-2H3/t18-/m1/s1. The van der Waals surface area contributed by atoms with E-state index in [0.29, 0.717) is 35.6 Å². The van der Waals surface area contributed by atoms with Crippen molar-refractivity contribution < 1.29 is 9.26 Å². The van der Waals surface area contributed by atoms with Crippen LogP contribution in [0.5, 0.6) is 0 Å². The van der Waals surface area contributed by atoms with Crippen LogP contribution in [0.25, 0.3) is 23.0 Å². The number of rotatable bonds is 3. The molecule has 0 N–H and O–H groups in total. The highest BCUT2D eigenvalue weighted by molar-refractivity contribution is 6.30. The lowest BCUT2D eigenvalue weighted by Crippen LogP contribution is -2.22. The van der Waals surface area contributed by atoms with Gasteiger partial charge in [-0.15, -0.1) is 5.10 Å². The zero-order valence-electron chi connectivity index (χ0n) is 16.0. The van der Waals surface area contributed by atoms with Gasteiger partial charge in [-0.1, -0.05) is 57.9 Å². The van der Waals surface area contributed by atoms with Crippen LogP contribution in [0.1, 0.15) is 28.5 Å². The Morgan fingerprint density at radius 3 is 2.86 bits per heavy atom. The minimum atomic E-state index is -0.0673. The fraction of sp³-hybridized carbons (Fsp3) is 0.238. The van der Waals surface area contributed by atoms with Crippen molar-refractivity contribution in [1.82, 2.24) is 25.1 Å². The molecule has 0 fully saturated rings. The minimum absolute atomic E-state index is 0.0673. The van der Waals surface area contributed by atoms with E-state index in [1.807, 2.05) is 16.8 Å². The van der Waals surface area contributed by atoms with E-state index in [1.165, 1.54) is 16.7 Å². The van der Waals surface area contributed by atoms with E-state index in [1.54, 1.807) is 12.1 Å². The fourth-order valence-corrected chi connectivity index (χ4v) is 3.81. The number of aromatic nitrogens is 5. The van der Waals surface area contributed by atoms with Crippen molar-refractivity contribution in [3.8, 4) is 23.0 Å². The molecule has 0 radical (unpaired) electrons. The van der Waals surface area contributed by atoms with E-state index in [0.717, 1.165) is 11.3 Å². The SMILES string of the molecule is Cc1ccc([C@H]2Cn3nnc(-c4nc(-c5cccc(Cl)c5)no4)c3CO2)c(C)c1. The van der Waals surface area contributed by atoms with Gasteiger partial charge >= 0.3 is 0 Å². The largest absolute Gasteiger partial charge is 0.365 e. The summed E-state index contributed by atoms with van der Waals surface area (Å²) >= 11 is 6.05. The smallest absolute Gasteiger partial charge is 0.280 e. The van der Waals surface area contributed by atoms with Gasteiger partial charge in [-0.05, 0) is 37.1 Å². The summed E-state index contributed by atoms with van der Waals surface area (Å²) in [4.78, 5) is 4.47. The second kappa shape index (κ2) is 7.09. The van der Waals surface area contributed by atoms with Crippen molar-refractivity contribution in [2.75, 3.05) is 0 Å². The Morgan fingerprint density at radius 2 is 2.03 bits per heavy atom. The molecule has 2 aromatic carbocycles. The first-order valence-electron chi connectivity index (χ1n) is 9.29. The number of fused-ring (bicyclic) bond motifs is 1. The van der Waals surface area contributed by atoms with Gasteiger partial charge < -0.3 is 9.26 Å². The third-order valence-electron chi connectivity index (χ3n) is 5.08. The molecule has 1 aliphatic rings. The highest BCUT2D eigenvalue weighted by atomic mass is 35.5. The van der Waals surface area contributed by atoms with Crippen LogP contribution in [-0.4, -0.2) is 25.1 Å². The van der Waals surface area contributed by atoms with Crippen molar-refractivity contribution in [3.05, 3.63) is 69.9 Å². The average molecular weight is 408 g/mol. The minimum Gasteiger partial charge on any atom is -0.365 e. The summed E-state index contributed by atoms with van der Waals surface area (Å²) in [6, 6.07) is 13.7. The Bertz CT molecular complexity index is 1200. The lowest BCUT2D eigenvalue weighted by Gasteiger charge is -2.25. The van der Waals surface area contributed by atoms with E-state index < -0.39 is 0 Å². The van der Waals surface area contributed by atoms with Crippen LogP contribution in [-0.2, 0) is 17.9 Å². The second-order valence-electron chi connectivity index (χ2n) is 7.16. The summed E-state index contributed by atoms with van der Waals surface area (Å²) in [7, 11) is 0. The summed E-state index contributed by atoms with van der Waals surface area (Å²) in [5.74, 6) is 0.768. The first-order chi connectivity index (χ1) is 14.1. The predicted octanol–water partition coefficient (Wildman–Crippen LogP) is 4.54. The van der Waals surface area contributed by atoms with Gasteiger partial charge in [0, 0.05) is 10.6 Å². The molecule has 4 aromatic rings. The molecule has 0 amide bonds. The summed E-state index contributed by atoms with van der Waals surface area (Å²) in [5, 5.41) is 13.2. The van der Waals surface area contributed by atoms with E-state index in [9.17, 15) is 0 Å². The molecule has 0 saturated carbocycles. The van der Waals surface area contributed by atoms with Crippen molar-refractivity contribution in [2.45, 2.75) is 33.1 Å². The van der Waals surface area contributed by atoms with Crippen LogP contribution in [0, 0.1) is 13.8 Å². The van der Waals surface area contributed by atoms with Crippen LogP contribution in [0.15, 0.2) is 47.0 Å². The number of nitrogens with zero attached hydrogens (tertiary/aromatic N) is 5. The number of halogens is 1. The predicted molar refractivity (Wildman–Crippen MR) is 107 cm³/mol. The Balaban J connectivity index is 1.42. The lowest BCUT2D eigenvalue weighted by molar-refractivity contribution is -0.00153. The molecule has 1 atom stereocenters. The van der Waals surface area contributed by atoms with Crippen molar-refractivity contribution >= 4 is 11.6 Å². The highest BCUT2D eigenvalue weighted by Gasteiger charge is 2.28. The molecule has 0 unspecified atom stereocenters. The van der Waals surface area contributed by atoms with Gasteiger partial charge in [0.2, 0.25) is 5.82 Å². The second-order valence-corrected chi connectivity index (χ2v) is 7.60. The number of hydrogen-bond donors (Lipinski definition) is 0. The van der Waals surface area contributed by atoms with E-state index in [2.05, 4.69) is 52.5 Å². The third-order valence-corrected chi connectivity index (χ3v) is 5.32. The normalized spacial score (nSPS) is 16.0. The highest BCUT2D eigenvalue weighted by Crippen LogP contribution is 2.32. The molecule has 1 aliphatic heterocycles. The monoisotopic (exact) mass is 407 g/mol. The van der Waals surface area contributed by atoms with Crippen LogP contribution in [0.4, 0.5) is 0 Å². The maximum absolute atomic E-state index is 6.13. The molecule has 3 heterocycles. The molecule has 29 heavy (non-hydrogen) atoms. The molecule has 2 aromatic heterocycles. The molecule has 0 bridgehead atoms. The van der Waals surface area contributed by atoms with Crippen LogP contribution >= 0.6 is 11.6 Å². The summed E-state index contributed by atoms with van der Waals surface area (Å²) in [5.41, 5.74) is 5.76. The maximum atomic E-state index is 6.13. The summed E-state index contributed by atoms with van der Waals surface area (Å²) in [6.07, 6.45) is -0.0673. The molecular weight excluding hydrogens is 390 g/mol. The lowest BCUT2D eigenvalue weighted by atomic mass is 10.0. The Labute approximate surface area is 172 Å². The first-order valence-corrected chi connectivity index (χ1v) is 9.67. The first kappa shape index (κ1) is 18.0. The number of benzene rings is 2. The van der Waals surface area contributed by atoms with Crippen LogP contribution in [0.2, 0.25) is 5.02 Å². The summed E-state index contributed by atoms with van der Waals surface area (Å²) < 4.78 is 13.4. The van der Waals surface area contributed by atoms with Gasteiger partial charge in [0.05, 0.1) is 18.8 Å². The Kier molecular flexibility index (Phi) is 4.41. The number of ether oxygens (including phenoxy) is 1. The number of hydrogen-bond acceptors (Lipinski definition) is 6. The van der Waals surface area contributed by atoms with E-state index in [-0.39, 0.29) is 6.10 Å². The Morgan fingerprint density at radius 1 is 1.14 bits per heavy atom. The molecule has 7 nitrogen and oxygen atoms in total. The fourth-order valence-electron chi connectivity index (χ4n) is 3.62. The topological polar surface area (TPSA) is 78.9 Å². The molecule has 0 saturated heterocycles. The zero-order chi connectivity index (χ0) is 20.0. The van der Waals surface area contributed by atoms with Crippen molar-refractivity contribution in [3.63, 3.8) is 0 Å². The average Bonchev–Trinajstić information content (AvgIpc) is 3.34. The molecule has 0 spiro atoms. The van der Waals surface area contributed by atoms with Gasteiger partial charge in [-0.25, -0.2) is 4.68 Å². The zero-order valence-corrected chi connectivity index (χ0v) is 16.7. The van der Waals surface area contributed by atoms with Crippen LogP contribution in [0.3, 0.4) is 0 Å². The quantitative estimate of drug-likeness (QED) is 0.496. The van der Waals surface area contributed by atoms with E-state index in [4.69, 9.17) is 20.9 Å².